The summed E-state index contributed by atoms with van der Waals surface area (Å²) in [4.78, 5) is 18.2. The predicted octanol–water partition coefficient (Wildman–Crippen LogP) is 2.03. The summed E-state index contributed by atoms with van der Waals surface area (Å²) < 4.78 is 13.0. The summed E-state index contributed by atoms with van der Waals surface area (Å²) in [7, 11) is 2.47. The molecule has 1 aromatic heterocycles. The van der Waals surface area contributed by atoms with Crippen LogP contribution in [0.15, 0.2) is 40.4 Å². The number of benzene rings is 1. The van der Waals surface area contributed by atoms with Gasteiger partial charge in [0.25, 0.3) is 5.69 Å². The standard InChI is InChI=1S/C16H18N4O3S/c1-19(2)8-7-18-13-3-4-14(20(21)22)12-9-11-10-17-6-5-15(11)24(23)16(12)13/h3-6,10,18H,7-9H2,1-2H3. The van der Waals surface area contributed by atoms with Gasteiger partial charge in [-0.25, -0.2) is 4.21 Å². The van der Waals surface area contributed by atoms with Gasteiger partial charge in [0.2, 0.25) is 0 Å². The van der Waals surface area contributed by atoms with Gasteiger partial charge in [0, 0.05) is 38.0 Å². The molecule has 7 nitrogen and oxygen atoms in total. The van der Waals surface area contributed by atoms with Gasteiger partial charge < -0.3 is 10.2 Å². The molecule has 1 aliphatic heterocycles. The summed E-state index contributed by atoms with van der Waals surface area (Å²) in [6.07, 6.45) is 3.59. The van der Waals surface area contributed by atoms with Gasteiger partial charge in [0.1, 0.15) is 0 Å². The molecule has 1 atom stereocenters. The van der Waals surface area contributed by atoms with E-state index in [4.69, 9.17) is 0 Å². The van der Waals surface area contributed by atoms with Crippen molar-refractivity contribution in [3.05, 3.63) is 51.8 Å². The van der Waals surface area contributed by atoms with E-state index in [1.165, 1.54) is 6.07 Å². The van der Waals surface area contributed by atoms with Gasteiger partial charge in [-0.1, -0.05) is 0 Å². The van der Waals surface area contributed by atoms with E-state index in [0.29, 0.717) is 34.0 Å². The maximum atomic E-state index is 13.0. The van der Waals surface area contributed by atoms with Gasteiger partial charge >= 0.3 is 0 Å². The summed E-state index contributed by atoms with van der Waals surface area (Å²) in [6, 6.07) is 4.85. The first kappa shape index (κ1) is 16.5. The van der Waals surface area contributed by atoms with Crippen molar-refractivity contribution in [1.82, 2.24) is 9.88 Å². The highest BCUT2D eigenvalue weighted by atomic mass is 32.2. The largest absolute Gasteiger partial charge is 0.383 e. The van der Waals surface area contributed by atoms with Crippen LogP contribution in [-0.4, -0.2) is 46.2 Å². The number of aromatic nitrogens is 1. The van der Waals surface area contributed by atoms with Crippen LogP contribution in [0.5, 0.6) is 0 Å². The fourth-order valence-corrected chi connectivity index (χ4v) is 4.26. The minimum atomic E-state index is -1.46. The second-order valence-electron chi connectivity index (χ2n) is 5.86. The zero-order valence-corrected chi connectivity index (χ0v) is 14.3. The monoisotopic (exact) mass is 346 g/mol. The lowest BCUT2D eigenvalue weighted by atomic mass is 10.0. The number of nitrogens with zero attached hydrogens (tertiary/aromatic N) is 3. The molecule has 0 aliphatic carbocycles. The number of anilines is 1. The Bertz CT molecular complexity index is 823. The van der Waals surface area contributed by atoms with E-state index >= 15 is 0 Å². The number of hydrogen-bond acceptors (Lipinski definition) is 6. The van der Waals surface area contributed by atoms with Crippen molar-refractivity contribution in [3.63, 3.8) is 0 Å². The first-order valence-corrected chi connectivity index (χ1v) is 8.67. The van der Waals surface area contributed by atoms with Crippen LogP contribution in [0.1, 0.15) is 11.1 Å². The molecular formula is C16H18N4O3S. The molecule has 2 heterocycles. The molecule has 8 heteroatoms. The quantitative estimate of drug-likeness (QED) is 0.562. The van der Waals surface area contributed by atoms with Gasteiger partial charge in [-0.2, -0.15) is 0 Å². The van der Waals surface area contributed by atoms with E-state index in [2.05, 4.69) is 10.3 Å². The van der Waals surface area contributed by atoms with Crippen LogP contribution in [0, 0.1) is 10.1 Å². The lowest BCUT2D eigenvalue weighted by molar-refractivity contribution is -0.385. The topological polar surface area (TPSA) is 88.4 Å². The molecule has 1 aliphatic rings. The molecule has 0 saturated heterocycles. The summed E-state index contributed by atoms with van der Waals surface area (Å²) >= 11 is 0. The molecule has 0 saturated carbocycles. The lowest BCUT2D eigenvalue weighted by Gasteiger charge is -2.22. The number of hydrogen-bond donors (Lipinski definition) is 1. The molecule has 1 unspecified atom stereocenters. The highest BCUT2D eigenvalue weighted by Crippen LogP contribution is 2.40. The van der Waals surface area contributed by atoms with E-state index in [0.717, 1.165) is 12.1 Å². The van der Waals surface area contributed by atoms with E-state index < -0.39 is 15.7 Å². The number of nitrogens with one attached hydrogen (secondary N) is 1. The Morgan fingerprint density at radius 1 is 1.38 bits per heavy atom. The highest BCUT2D eigenvalue weighted by Gasteiger charge is 2.31. The van der Waals surface area contributed by atoms with Crippen molar-refractivity contribution in [2.24, 2.45) is 0 Å². The highest BCUT2D eigenvalue weighted by molar-refractivity contribution is 7.85. The molecule has 2 aromatic rings. The average molecular weight is 346 g/mol. The molecule has 24 heavy (non-hydrogen) atoms. The number of rotatable bonds is 5. The number of nitro benzene ring substituents is 1. The fourth-order valence-electron chi connectivity index (χ4n) is 2.75. The minimum Gasteiger partial charge on any atom is -0.383 e. The van der Waals surface area contributed by atoms with Gasteiger partial charge in [-0.05, 0) is 31.8 Å². The third-order valence-electron chi connectivity index (χ3n) is 3.92. The Hall–Kier alpha value is -2.32. The second-order valence-corrected chi connectivity index (χ2v) is 7.24. The molecular weight excluding hydrogens is 328 g/mol. The van der Waals surface area contributed by atoms with E-state index in [1.54, 1.807) is 24.5 Å². The summed E-state index contributed by atoms with van der Waals surface area (Å²) in [5, 5.41) is 14.6. The Labute approximate surface area is 142 Å². The van der Waals surface area contributed by atoms with Crippen LogP contribution in [0.4, 0.5) is 11.4 Å². The van der Waals surface area contributed by atoms with Gasteiger partial charge in [-0.15, -0.1) is 0 Å². The summed E-state index contributed by atoms with van der Waals surface area (Å²) in [6.45, 7) is 1.47. The normalized spacial score (nSPS) is 15.7. The Morgan fingerprint density at radius 3 is 2.88 bits per heavy atom. The molecule has 0 amide bonds. The van der Waals surface area contributed by atoms with Crippen LogP contribution in [0.2, 0.25) is 0 Å². The minimum absolute atomic E-state index is 0.00557. The predicted molar refractivity (Wildman–Crippen MR) is 91.9 cm³/mol. The molecule has 0 fully saturated rings. The number of fused-ring (bicyclic) bond motifs is 2. The Morgan fingerprint density at radius 2 is 2.17 bits per heavy atom. The molecule has 0 spiro atoms. The maximum absolute atomic E-state index is 13.0. The third-order valence-corrected chi connectivity index (χ3v) is 5.55. The Balaban J connectivity index is 2.07. The number of pyridine rings is 1. The first-order valence-electron chi connectivity index (χ1n) is 7.52. The van der Waals surface area contributed by atoms with Crippen molar-refractivity contribution in [2.45, 2.75) is 16.2 Å². The van der Waals surface area contributed by atoms with Crippen LogP contribution in [0.25, 0.3) is 0 Å². The van der Waals surface area contributed by atoms with Crippen molar-refractivity contribution < 1.29 is 9.13 Å². The van der Waals surface area contributed by atoms with Crippen LogP contribution >= 0.6 is 0 Å². The first-order chi connectivity index (χ1) is 11.5. The lowest BCUT2D eigenvalue weighted by Crippen LogP contribution is -2.22. The van der Waals surface area contributed by atoms with Crippen molar-refractivity contribution >= 4 is 22.2 Å². The van der Waals surface area contributed by atoms with Crippen LogP contribution in [-0.2, 0) is 17.2 Å². The molecule has 0 radical (unpaired) electrons. The molecule has 1 aromatic carbocycles. The fraction of sp³-hybridized carbons (Fsp3) is 0.312. The number of likely N-dealkylation sites (N-methyl/N-ethyl adjacent to an activating group) is 1. The molecule has 126 valence electrons. The average Bonchev–Trinajstić information content (AvgIpc) is 2.54. The van der Waals surface area contributed by atoms with E-state index in [-0.39, 0.29) is 5.69 Å². The van der Waals surface area contributed by atoms with Crippen molar-refractivity contribution in [1.29, 1.82) is 0 Å². The summed E-state index contributed by atoms with van der Waals surface area (Å²) in [5.41, 5.74) is 1.98. The van der Waals surface area contributed by atoms with Gasteiger partial charge in [0.05, 0.1) is 36.8 Å². The second kappa shape index (κ2) is 6.66. The van der Waals surface area contributed by atoms with Crippen molar-refractivity contribution in [3.8, 4) is 0 Å². The van der Waals surface area contributed by atoms with Crippen molar-refractivity contribution in [2.75, 3.05) is 32.5 Å². The van der Waals surface area contributed by atoms with Crippen LogP contribution in [0.3, 0.4) is 0 Å². The van der Waals surface area contributed by atoms with E-state index in [1.807, 2.05) is 19.0 Å². The van der Waals surface area contributed by atoms with E-state index in [9.17, 15) is 14.3 Å². The zero-order chi connectivity index (χ0) is 17.3. The SMILES string of the molecule is CN(C)CCNc1ccc([N+](=O)[O-])c2c1S(=O)c1ccncc1C2. The Kier molecular flexibility index (Phi) is 4.59. The molecule has 1 N–H and O–H groups in total. The maximum Gasteiger partial charge on any atom is 0.274 e. The molecule has 0 bridgehead atoms. The van der Waals surface area contributed by atoms with Crippen LogP contribution < -0.4 is 5.32 Å². The smallest absolute Gasteiger partial charge is 0.274 e. The summed E-state index contributed by atoms with van der Waals surface area (Å²) in [5.74, 6) is 0. The number of nitro groups is 1. The van der Waals surface area contributed by atoms with Gasteiger partial charge in [-0.3, -0.25) is 15.1 Å². The van der Waals surface area contributed by atoms with Gasteiger partial charge in [0.15, 0.2) is 0 Å². The molecule has 3 rings (SSSR count). The third kappa shape index (κ3) is 3.02. The zero-order valence-electron chi connectivity index (χ0n) is 13.5.